The molecule has 0 bridgehead atoms. The molecular weight excluding hydrogens is 212 g/mol. The van der Waals surface area contributed by atoms with E-state index in [0.717, 1.165) is 5.56 Å². The minimum Gasteiger partial charge on any atom is -0.356 e. The maximum absolute atomic E-state index is 12.3. The molecule has 2 atom stereocenters. The second kappa shape index (κ2) is 5.82. The summed E-state index contributed by atoms with van der Waals surface area (Å²) in [6.45, 7) is 7.03. The van der Waals surface area contributed by atoms with Crippen molar-refractivity contribution in [3.63, 3.8) is 0 Å². The third-order valence-corrected chi connectivity index (χ3v) is 3.52. The first-order valence-corrected chi connectivity index (χ1v) is 6.11. The van der Waals surface area contributed by atoms with Crippen molar-refractivity contribution in [3.05, 3.63) is 35.9 Å². The molecule has 0 saturated carbocycles. The van der Waals surface area contributed by atoms with E-state index in [1.54, 1.807) is 0 Å². The number of rotatable bonds is 5. The van der Waals surface area contributed by atoms with Crippen molar-refractivity contribution in [1.29, 1.82) is 0 Å². The van der Waals surface area contributed by atoms with E-state index in [4.69, 9.17) is 5.73 Å². The van der Waals surface area contributed by atoms with Gasteiger partial charge < -0.3 is 11.1 Å². The zero-order valence-electron chi connectivity index (χ0n) is 10.9. The summed E-state index contributed by atoms with van der Waals surface area (Å²) >= 11 is 0. The van der Waals surface area contributed by atoms with E-state index in [2.05, 4.69) is 5.32 Å². The first-order valence-electron chi connectivity index (χ1n) is 6.11. The third-order valence-electron chi connectivity index (χ3n) is 3.52. The fourth-order valence-corrected chi connectivity index (χ4v) is 2.00. The Balaban J connectivity index is 3.15. The Morgan fingerprint density at radius 2 is 2.00 bits per heavy atom. The number of hydrogen-bond donors (Lipinski definition) is 2. The van der Waals surface area contributed by atoms with Gasteiger partial charge in [0.2, 0.25) is 5.91 Å². The van der Waals surface area contributed by atoms with Gasteiger partial charge in [-0.25, -0.2) is 0 Å². The van der Waals surface area contributed by atoms with E-state index in [-0.39, 0.29) is 11.8 Å². The number of nitrogens with one attached hydrogen (secondary N) is 1. The average Bonchev–Trinajstić information content (AvgIpc) is 2.38. The van der Waals surface area contributed by atoms with Gasteiger partial charge in [-0.3, -0.25) is 4.79 Å². The third kappa shape index (κ3) is 2.67. The summed E-state index contributed by atoms with van der Waals surface area (Å²) in [6.07, 6.45) is 0. The molecular formula is C14H22N2O. The van der Waals surface area contributed by atoms with Crippen LogP contribution in [0.25, 0.3) is 0 Å². The van der Waals surface area contributed by atoms with Gasteiger partial charge in [-0.1, -0.05) is 37.3 Å². The molecule has 0 heterocycles. The number of likely N-dealkylation sites (N-methyl/N-ethyl adjacent to an activating group) is 1. The number of amides is 1. The van der Waals surface area contributed by atoms with Crippen LogP contribution < -0.4 is 11.1 Å². The molecule has 1 aromatic rings. The molecule has 2 unspecified atom stereocenters. The molecule has 0 saturated heterocycles. The lowest BCUT2D eigenvalue weighted by atomic mass is 9.71. The first-order chi connectivity index (χ1) is 8.07. The topological polar surface area (TPSA) is 55.1 Å². The van der Waals surface area contributed by atoms with Gasteiger partial charge in [0, 0.05) is 6.54 Å². The molecule has 0 radical (unpaired) electrons. The lowest BCUT2D eigenvalue weighted by molar-refractivity contribution is -0.127. The van der Waals surface area contributed by atoms with Gasteiger partial charge in [0.05, 0.1) is 5.41 Å². The van der Waals surface area contributed by atoms with Crippen molar-refractivity contribution in [1.82, 2.24) is 5.32 Å². The molecule has 1 rings (SSSR count). The minimum atomic E-state index is -0.563. The number of carbonyl (C=O) groups excluding carboxylic acids is 1. The van der Waals surface area contributed by atoms with E-state index in [1.165, 1.54) is 0 Å². The van der Waals surface area contributed by atoms with Gasteiger partial charge >= 0.3 is 0 Å². The normalized spacial score (nSPS) is 16.0. The maximum Gasteiger partial charge on any atom is 0.230 e. The highest BCUT2D eigenvalue weighted by atomic mass is 16.2. The highest BCUT2D eigenvalue weighted by molar-refractivity contribution is 5.88. The van der Waals surface area contributed by atoms with Gasteiger partial charge in [0.1, 0.15) is 0 Å². The van der Waals surface area contributed by atoms with Crippen LogP contribution in [0.3, 0.4) is 0 Å². The molecule has 3 N–H and O–H groups in total. The fourth-order valence-electron chi connectivity index (χ4n) is 2.00. The lowest BCUT2D eigenvalue weighted by Crippen LogP contribution is -2.48. The van der Waals surface area contributed by atoms with Crippen LogP contribution in [0.4, 0.5) is 0 Å². The van der Waals surface area contributed by atoms with Crippen molar-refractivity contribution < 1.29 is 4.79 Å². The fraction of sp³-hybridized carbons (Fsp3) is 0.500. The average molecular weight is 234 g/mol. The molecule has 0 spiro atoms. The summed E-state index contributed by atoms with van der Waals surface area (Å²) in [5, 5.41) is 2.91. The smallest absolute Gasteiger partial charge is 0.230 e. The van der Waals surface area contributed by atoms with E-state index < -0.39 is 5.41 Å². The Kier molecular flexibility index (Phi) is 4.70. The quantitative estimate of drug-likeness (QED) is 0.814. The predicted molar refractivity (Wildman–Crippen MR) is 70.7 cm³/mol. The van der Waals surface area contributed by atoms with Gasteiger partial charge in [0.15, 0.2) is 0 Å². The van der Waals surface area contributed by atoms with Crippen LogP contribution in [0.15, 0.2) is 30.3 Å². The Hall–Kier alpha value is -1.35. The monoisotopic (exact) mass is 234 g/mol. The number of hydrogen-bond acceptors (Lipinski definition) is 2. The Morgan fingerprint density at radius 3 is 2.47 bits per heavy atom. The van der Waals surface area contributed by atoms with Gasteiger partial charge in [-0.15, -0.1) is 0 Å². The molecule has 1 aromatic carbocycles. The first kappa shape index (κ1) is 13.7. The van der Waals surface area contributed by atoms with Crippen molar-refractivity contribution in [2.75, 3.05) is 13.1 Å². The van der Waals surface area contributed by atoms with Crippen molar-refractivity contribution in [3.8, 4) is 0 Å². The van der Waals surface area contributed by atoms with Crippen molar-refractivity contribution in [2.24, 2.45) is 11.7 Å². The summed E-state index contributed by atoms with van der Waals surface area (Å²) in [6, 6.07) is 9.84. The maximum atomic E-state index is 12.3. The lowest BCUT2D eigenvalue weighted by Gasteiger charge is -2.34. The van der Waals surface area contributed by atoms with Crippen LogP contribution >= 0.6 is 0 Å². The van der Waals surface area contributed by atoms with E-state index in [0.29, 0.717) is 13.1 Å². The second-order valence-corrected chi connectivity index (χ2v) is 4.56. The Morgan fingerprint density at radius 1 is 1.41 bits per heavy atom. The molecule has 94 valence electrons. The zero-order valence-corrected chi connectivity index (χ0v) is 10.9. The van der Waals surface area contributed by atoms with Crippen molar-refractivity contribution >= 4 is 5.91 Å². The largest absolute Gasteiger partial charge is 0.356 e. The van der Waals surface area contributed by atoms with E-state index in [1.807, 2.05) is 51.1 Å². The van der Waals surface area contributed by atoms with Gasteiger partial charge in [-0.2, -0.15) is 0 Å². The molecule has 17 heavy (non-hydrogen) atoms. The molecule has 0 aliphatic rings. The molecule has 3 nitrogen and oxygen atoms in total. The summed E-state index contributed by atoms with van der Waals surface area (Å²) < 4.78 is 0. The highest BCUT2D eigenvalue weighted by Crippen LogP contribution is 2.31. The van der Waals surface area contributed by atoms with Crippen LogP contribution in [0.2, 0.25) is 0 Å². The standard InChI is InChI=1S/C14H22N2O/c1-4-16-13(17)14(3,11(2)10-15)12-8-6-5-7-9-12/h5-9,11H,4,10,15H2,1-3H3,(H,16,17). The van der Waals surface area contributed by atoms with Gasteiger partial charge in [0.25, 0.3) is 0 Å². The number of nitrogens with two attached hydrogens (primary N) is 1. The molecule has 0 aliphatic carbocycles. The van der Waals surface area contributed by atoms with E-state index >= 15 is 0 Å². The van der Waals surface area contributed by atoms with E-state index in [9.17, 15) is 4.79 Å². The molecule has 0 fully saturated rings. The van der Waals surface area contributed by atoms with Crippen LogP contribution in [-0.2, 0) is 10.2 Å². The summed E-state index contributed by atoms with van der Waals surface area (Å²) in [4.78, 5) is 12.3. The van der Waals surface area contributed by atoms with Crippen LogP contribution in [0.5, 0.6) is 0 Å². The summed E-state index contributed by atoms with van der Waals surface area (Å²) in [7, 11) is 0. The Bertz CT molecular complexity index is 364. The molecule has 0 aliphatic heterocycles. The number of carbonyl (C=O) groups is 1. The molecule has 3 heteroatoms. The highest BCUT2D eigenvalue weighted by Gasteiger charge is 2.39. The summed E-state index contributed by atoms with van der Waals surface area (Å²) in [5.41, 5.74) is 6.20. The summed E-state index contributed by atoms with van der Waals surface area (Å²) in [5.74, 6) is 0.139. The number of benzene rings is 1. The van der Waals surface area contributed by atoms with Crippen LogP contribution in [-0.4, -0.2) is 19.0 Å². The zero-order chi connectivity index (χ0) is 12.9. The molecule has 1 amide bonds. The minimum absolute atomic E-state index is 0.0455. The van der Waals surface area contributed by atoms with Crippen LogP contribution in [0.1, 0.15) is 26.3 Å². The predicted octanol–water partition coefficient (Wildman–Crippen LogP) is 1.68. The second-order valence-electron chi connectivity index (χ2n) is 4.56. The molecule has 0 aromatic heterocycles. The SMILES string of the molecule is CCNC(=O)C(C)(c1ccccc1)C(C)CN. The Labute approximate surface area is 103 Å². The van der Waals surface area contributed by atoms with Gasteiger partial charge in [-0.05, 0) is 31.9 Å². The van der Waals surface area contributed by atoms with Crippen LogP contribution in [0, 0.1) is 5.92 Å². The van der Waals surface area contributed by atoms with Crippen molar-refractivity contribution in [2.45, 2.75) is 26.2 Å².